The van der Waals surface area contributed by atoms with Crippen LogP contribution in [0.3, 0.4) is 0 Å². The summed E-state index contributed by atoms with van der Waals surface area (Å²) < 4.78 is 5.15. The molecule has 1 fully saturated rings. The van der Waals surface area contributed by atoms with E-state index in [1.165, 1.54) is 0 Å². The summed E-state index contributed by atoms with van der Waals surface area (Å²) in [4.78, 5) is 13.7. The molecular formula is C16H24N2O3. The van der Waals surface area contributed by atoms with E-state index < -0.39 is 0 Å². The van der Waals surface area contributed by atoms with Crippen molar-refractivity contribution in [2.45, 2.75) is 25.5 Å². The third-order valence-electron chi connectivity index (χ3n) is 3.70. The number of benzene rings is 1. The summed E-state index contributed by atoms with van der Waals surface area (Å²) in [5, 5.41) is 12.7. The monoisotopic (exact) mass is 292 g/mol. The fraction of sp³-hybridized carbons (Fsp3) is 0.562. The van der Waals surface area contributed by atoms with E-state index >= 15 is 0 Å². The molecule has 0 spiro atoms. The minimum atomic E-state index is -0.304. The Morgan fingerprint density at radius 1 is 1.52 bits per heavy atom. The van der Waals surface area contributed by atoms with Gasteiger partial charge in [0.15, 0.2) is 0 Å². The smallest absolute Gasteiger partial charge is 0.234 e. The van der Waals surface area contributed by atoms with Crippen LogP contribution in [0.1, 0.15) is 18.4 Å². The summed E-state index contributed by atoms with van der Waals surface area (Å²) in [6, 6.07) is 7.63. The number of ether oxygens (including phenoxy) is 1. The van der Waals surface area contributed by atoms with Gasteiger partial charge in [0, 0.05) is 13.1 Å². The molecule has 0 bridgehead atoms. The summed E-state index contributed by atoms with van der Waals surface area (Å²) in [6.45, 7) is 1.33. The first-order valence-electron chi connectivity index (χ1n) is 7.34. The van der Waals surface area contributed by atoms with E-state index in [2.05, 4.69) is 5.32 Å². The number of carbonyl (C=O) groups excluding carboxylic acids is 1. The third kappa shape index (κ3) is 5.36. The molecule has 116 valence electrons. The maximum absolute atomic E-state index is 11.9. The van der Waals surface area contributed by atoms with E-state index in [1.807, 2.05) is 36.2 Å². The molecule has 21 heavy (non-hydrogen) atoms. The van der Waals surface area contributed by atoms with E-state index in [-0.39, 0.29) is 12.0 Å². The molecule has 0 aliphatic heterocycles. The zero-order valence-electron chi connectivity index (χ0n) is 12.7. The fourth-order valence-corrected chi connectivity index (χ4v) is 2.30. The Kier molecular flexibility index (Phi) is 5.59. The topological polar surface area (TPSA) is 61.8 Å². The van der Waals surface area contributed by atoms with Gasteiger partial charge in [-0.2, -0.15) is 0 Å². The van der Waals surface area contributed by atoms with Crippen molar-refractivity contribution in [1.29, 1.82) is 0 Å². The van der Waals surface area contributed by atoms with Crippen LogP contribution >= 0.6 is 0 Å². The second-order valence-electron chi connectivity index (χ2n) is 5.73. The maximum Gasteiger partial charge on any atom is 0.234 e. The number of nitrogens with zero attached hydrogens (tertiary/aromatic N) is 1. The molecule has 1 unspecified atom stereocenters. The van der Waals surface area contributed by atoms with Crippen molar-refractivity contribution in [3.8, 4) is 5.75 Å². The van der Waals surface area contributed by atoms with Crippen molar-refractivity contribution in [3.05, 3.63) is 29.8 Å². The molecule has 1 aromatic rings. The maximum atomic E-state index is 11.9. The third-order valence-corrected chi connectivity index (χ3v) is 3.70. The molecule has 0 radical (unpaired) electrons. The summed E-state index contributed by atoms with van der Waals surface area (Å²) in [6.07, 6.45) is 1.91. The number of aliphatic hydroxyl groups is 1. The number of likely N-dealkylation sites (N-methyl/N-ethyl adjacent to an activating group) is 1. The number of hydrogen-bond acceptors (Lipinski definition) is 4. The van der Waals surface area contributed by atoms with Crippen LogP contribution in [0.25, 0.3) is 0 Å². The van der Waals surface area contributed by atoms with Crippen LogP contribution < -0.4 is 10.1 Å². The molecule has 0 saturated heterocycles. The largest absolute Gasteiger partial charge is 0.497 e. The van der Waals surface area contributed by atoms with Gasteiger partial charge in [0.05, 0.1) is 19.8 Å². The van der Waals surface area contributed by atoms with Gasteiger partial charge < -0.3 is 15.2 Å². The number of carbonyl (C=O) groups is 1. The molecule has 5 heteroatoms. The molecule has 1 atom stereocenters. The standard InChI is InChI=1S/C16H24N2O3/c1-18(10-15(19)13-6-7-13)11-16(20)17-9-12-4-3-5-14(8-12)21-2/h3-5,8,13,15,19H,6-7,9-11H2,1-2H3,(H,17,20). The molecule has 5 nitrogen and oxygen atoms in total. The summed E-state index contributed by atoms with van der Waals surface area (Å²) >= 11 is 0. The molecule has 0 heterocycles. The van der Waals surface area contributed by atoms with Crippen molar-refractivity contribution in [3.63, 3.8) is 0 Å². The number of hydrogen-bond donors (Lipinski definition) is 2. The average Bonchev–Trinajstić information content (AvgIpc) is 3.29. The van der Waals surface area contributed by atoms with Crippen molar-refractivity contribution in [2.24, 2.45) is 5.92 Å². The van der Waals surface area contributed by atoms with Crippen LogP contribution in [0.4, 0.5) is 0 Å². The first-order valence-corrected chi connectivity index (χ1v) is 7.34. The zero-order valence-corrected chi connectivity index (χ0v) is 12.7. The van der Waals surface area contributed by atoms with E-state index in [0.29, 0.717) is 25.6 Å². The highest BCUT2D eigenvalue weighted by atomic mass is 16.5. The Morgan fingerprint density at radius 3 is 2.95 bits per heavy atom. The van der Waals surface area contributed by atoms with Gasteiger partial charge in [0.2, 0.25) is 5.91 Å². The predicted molar refractivity (Wildman–Crippen MR) is 81.1 cm³/mol. The van der Waals surface area contributed by atoms with Gasteiger partial charge in [0.1, 0.15) is 5.75 Å². The van der Waals surface area contributed by atoms with Gasteiger partial charge >= 0.3 is 0 Å². The van der Waals surface area contributed by atoms with Gasteiger partial charge in [0.25, 0.3) is 0 Å². The van der Waals surface area contributed by atoms with Gasteiger partial charge in [-0.1, -0.05) is 12.1 Å². The fourth-order valence-electron chi connectivity index (χ4n) is 2.30. The zero-order chi connectivity index (χ0) is 15.2. The molecule has 2 N–H and O–H groups in total. The van der Waals surface area contributed by atoms with Gasteiger partial charge in [-0.15, -0.1) is 0 Å². The Bertz CT molecular complexity index is 474. The Labute approximate surface area is 125 Å². The molecular weight excluding hydrogens is 268 g/mol. The second kappa shape index (κ2) is 7.43. The average molecular weight is 292 g/mol. The van der Waals surface area contributed by atoms with Crippen molar-refractivity contribution in [2.75, 3.05) is 27.2 Å². The highest BCUT2D eigenvalue weighted by Crippen LogP contribution is 2.32. The van der Waals surface area contributed by atoms with Crippen molar-refractivity contribution < 1.29 is 14.6 Å². The van der Waals surface area contributed by atoms with Crippen molar-refractivity contribution in [1.82, 2.24) is 10.2 Å². The molecule has 1 aromatic carbocycles. The minimum absolute atomic E-state index is 0.0386. The van der Waals surface area contributed by atoms with Crippen molar-refractivity contribution >= 4 is 5.91 Å². The quantitative estimate of drug-likeness (QED) is 0.751. The number of methoxy groups -OCH3 is 1. The lowest BCUT2D eigenvalue weighted by Crippen LogP contribution is -2.38. The first kappa shape index (κ1) is 15.8. The van der Waals surface area contributed by atoms with Crippen LogP contribution in [0, 0.1) is 5.92 Å². The lowest BCUT2D eigenvalue weighted by molar-refractivity contribution is -0.122. The van der Waals surface area contributed by atoms with Crippen LogP contribution in [-0.4, -0.2) is 49.3 Å². The van der Waals surface area contributed by atoms with Gasteiger partial charge in [-0.25, -0.2) is 0 Å². The molecule has 0 aromatic heterocycles. The summed E-state index contributed by atoms with van der Waals surface area (Å²) in [5.74, 6) is 1.18. The molecule has 1 aliphatic carbocycles. The first-order chi connectivity index (χ1) is 10.1. The van der Waals surface area contributed by atoms with Gasteiger partial charge in [-0.3, -0.25) is 9.69 Å². The molecule has 1 amide bonds. The van der Waals surface area contributed by atoms with E-state index in [0.717, 1.165) is 24.2 Å². The van der Waals surface area contributed by atoms with Crippen LogP contribution in [0.5, 0.6) is 5.75 Å². The second-order valence-corrected chi connectivity index (χ2v) is 5.73. The van der Waals surface area contributed by atoms with Crippen LogP contribution in [0.2, 0.25) is 0 Å². The lowest BCUT2D eigenvalue weighted by atomic mass is 10.2. The molecule has 1 aliphatic rings. The van der Waals surface area contributed by atoms with Crippen LogP contribution in [0.15, 0.2) is 24.3 Å². The Hall–Kier alpha value is -1.59. The van der Waals surface area contributed by atoms with E-state index in [9.17, 15) is 9.90 Å². The highest BCUT2D eigenvalue weighted by Gasteiger charge is 2.30. The summed E-state index contributed by atoms with van der Waals surface area (Å²) in [7, 11) is 3.48. The van der Waals surface area contributed by atoms with E-state index in [4.69, 9.17) is 4.74 Å². The summed E-state index contributed by atoms with van der Waals surface area (Å²) in [5.41, 5.74) is 1.00. The highest BCUT2D eigenvalue weighted by molar-refractivity contribution is 5.77. The molecule has 1 saturated carbocycles. The Balaban J connectivity index is 1.70. The Morgan fingerprint density at radius 2 is 2.29 bits per heavy atom. The molecule has 2 rings (SSSR count). The SMILES string of the molecule is COc1cccc(CNC(=O)CN(C)CC(O)C2CC2)c1. The predicted octanol–water partition coefficient (Wildman–Crippen LogP) is 1.01. The number of rotatable bonds is 8. The minimum Gasteiger partial charge on any atom is -0.497 e. The normalized spacial score (nSPS) is 15.8. The lowest BCUT2D eigenvalue weighted by Gasteiger charge is -2.19. The number of aliphatic hydroxyl groups excluding tert-OH is 1. The number of amides is 1. The van der Waals surface area contributed by atoms with E-state index in [1.54, 1.807) is 7.11 Å². The van der Waals surface area contributed by atoms with Gasteiger partial charge in [-0.05, 0) is 43.5 Å². The van der Waals surface area contributed by atoms with Crippen LogP contribution in [-0.2, 0) is 11.3 Å². The number of nitrogens with one attached hydrogen (secondary N) is 1.